The lowest BCUT2D eigenvalue weighted by atomic mass is 10.2. The summed E-state index contributed by atoms with van der Waals surface area (Å²) in [5.41, 5.74) is 1.14. The van der Waals surface area contributed by atoms with E-state index < -0.39 is 0 Å². The summed E-state index contributed by atoms with van der Waals surface area (Å²) < 4.78 is 5.82. The number of ether oxygens (including phenoxy) is 1. The van der Waals surface area contributed by atoms with E-state index in [1.54, 1.807) is 18.1 Å². The van der Waals surface area contributed by atoms with Crippen molar-refractivity contribution in [1.82, 2.24) is 15.0 Å². The van der Waals surface area contributed by atoms with Gasteiger partial charge in [0.2, 0.25) is 0 Å². The van der Waals surface area contributed by atoms with E-state index in [0.29, 0.717) is 6.54 Å². The predicted octanol–water partition coefficient (Wildman–Crippen LogP) is 2.10. The Labute approximate surface area is 96.0 Å². The van der Waals surface area contributed by atoms with Crippen LogP contribution in [0.15, 0.2) is 35.1 Å². The molecule has 0 aliphatic rings. The molecule has 0 atom stereocenters. The highest BCUT2D eigenvalue weighted by molar-refractivity contribution is 9.10. The van der Waals surface area contributed by atoms with Gasteiger partial charge in [0, 0.05) is 0 Å². The maximum absolute atomic E-state index is 5.08. The Kier molecular flexibility index (Phi) is 3.01. The second kappa shape index (κ2) is 4.44. The fourth-order valence-electron chi connectivity index (χ4n) is 1.25. The van der Waals surface area contributed by atoms with Crippen molar-refractivity contribution in [3.63, 3.8) is 0 Å². The van der Waals surface area contributed by atoms with Crippen LogP contribution in [0.1, 0.15) is 5.56 Å². The molecule has 1 aromatic heterocycles. The zero-order chi connectivity index (χ0) is 10.7. The lowest BCUT2D eigenvalue weighted by Gasteiger charge is -2.02. The SMILES string of the molecule is COc1ccc(Cn2ncc(Br)n2)cc1. The number of aromatic nitrogens is 3. The van der Waals surface area contributed by atoms with Crippen LogP contribution in [-0.2, 0) is 6.54 Å². The lowest BCUT2D eigenvalue weighted by Crippen LogP contribution is -2.03. The molecule has 0 unspecified atom stereocenters. The summed E-state index contributed by atoms with van der Waals surface area (Å²) in [6, 6.07) is 7.84. The van der Waals surface area contributed by atoms with E-state index in [9.17, 15) is 0 Å². The van der Waals surface area contributed by atoms with Crippen LogP contribution in [-0.4, -0.2) is 22.1 Å². The quantitative estimate of drug-likeness (QED) is 0.855. The van der Waals surface area contributed by atoms with Crippen molar-refractivity contribution in [2.75, 3.05) is 7.11 Å². The molecule has 0 N–H and O–H groups in total. The number of methoxy groups -OCH3 is 1. The molecule has 2 aromatic rings. The van der Waals surface area contributed by atoms with E-state index in [2.05, 4.69) is 26.1 Å². The van der Waals surface area contributed by atoms with Crippen molar-refractivity contribution < 1.29 is 4.74 Å². The van der Waals surface area contributed by atoms with Crippen LogP contribution in [0.5, 0.6) is 5.75 Å². The summed E-state index contributed by atoms with van der Waals surface area (Å²) in [4.78, 5) is 1.63. The monoisotopic (exact) mass is 267 g/mol. The van der Waals surface area contributed by atoms with Crippen molar-refractivity contribution in [2.45, 2.75) is 6.54 Å². The minimum Gasteiger partial charge on any atom is -0.497 e. The van der Waals surface area contributed by atoms with Gasteiger partial charge in [-0.2, -0.15) is 9.90 Å². The number of nitrogens with zero attached hydrogens (tertiary/aromatic N) is 3. The molecule has 2 rings (SSSR count). The van der Waals surface area contributed by atoms with Crippen molar-refractivity contribution >= 4 is 15.9 Å². The third kappa shape index (κ3) is 2.56. The molecule has 0 radical (unpaired) electrons. The van der Waals surface area contributed by atoms with Gasteiger partial charge in [-0.1, -0.05) is 12.1 Å². The van der Waals surface area contributed by atoms with Gasteiger partial charge in [-0.25, -0.2) is 0 Å². The summed E-state index contributed by atoms with van der Waals surface area (Å²) in [7, 11) is 1.65. The zero-order valence-corrected chi connectivity index (χ0v) is 9.81. The van der Waals surface area contributed by atoms with Gasteiger partial charge in [0.25, 0.3) is 0 Å². The first-order chi connectivity index (χ1) is 7.28. The van der Waals surface area contributed by atoms with Crippen LogP contribution in [0.25, 0.3) is 0 Å². The van der Waals surface area contributed by atoms with Gasteiger partial charge in [-0.3, -0.25) is 0 Å². The van der Waals surface area contributed by atoms with E-state index in [-0.39, 0.29) is 0 Å². The zero-order valence-electron chi connectivity index (χ0n) is 8.22. The topological polar surface area (TPSA) is 39.9 Å². The molecule has 0 bridgehead atoms. The van der Waals surface area contributed by atoms with Crippen LogP contribution in [0.4, 0.5) is 0 Å². The minimum absolute atomic E-state index is 0.662. The summed E-state index contributed by atoms with van der Waals surface area (Å²) in [6.45, 7) is 0.662. The van der Waals surface area contributed by atoms with Gasteiger partial charge in [0.1, 0.15) is 10.4 Å². The van der Waals surface area contributed by atoms with Gasteiger partial charge in [-0.15, -0.1) is 5.10 Å². The Bertz CT molecular complexity index is 438. The average Bonchev–Trinajstić information content (AvgIpc) is 2.65. The average molecular weight is 268 g/mol. The summed E-state index contributed by atoms with van der Waals surface area (Å²) in [5.74, 6) is 0.855. The van der Waals surface area contributed by atoms with E-state index >= 15 is 0 Å². The van der Waals surface area contributed by atoms with Crippen LogP contribution >= 0.6 is 15.9 Å². The molecule has 0 saturated heterocycles. The van der Waals surface area contributed by atoms with E-state index in [1.165, 1.54) is 0 Å². The number of rotatable bonds is 3. The number of benzene rings is 1. The molecule has 0 aliphatic heterocycles. The largest absolute Gasteiger partial charge is 0.497 e. The summed E-state index contributed by atoms with van der Waals surface area (Å²) in [5, 5.41) is 8.22. The molecule has 5 heteroatoms. The molecular weight excluding hydrogens is 258 g/mol. The molecule has 0 spiro atoms. The first kappa shape index (κ1) is 10.2. The van der Waals surface area contributed by atoms with Crippen LogP contribution in [0, 0.1) is 0 Å². The van der Waals surface area contributed by atoms with Gasteiger partial charge in [0.15, 0.2) is 0 Å². The van der Waals surface area contributed by atoms with E-state index in [0.717, 1.165) is 15.9 Å². The van der Waals surface area contributed by atoms with Gasteiger partial charge >= 0.3 is 0 Å². The Morgan fingerprint density at radius 1 is 1.33 bits per heavy atom. The molecule has 1 aromatic carbocycles. The number of hydrogen-bond acceptors (Lipinski definition) is 3. The fourth-order valence-corrected chi connectivity index (χ4v) is 1.52. The molecule has 0 fully saturated rings. The third-order valence-electron chi connectivity index (χ3n) is 1.99. The van der Waals surface area contributed by atoms with E-state index in [4.69, 9.17) is 4.74 Å². The van der Waals surface area contributed by atoms with Gasteiger partial charge in [-0.05, 0) is 33.6 Å². The maximum atomic E-state index is 5.08. The first-order valence-electron chi connectivity index (χ1n) is 4.46. The molecular formula is C10H10BrN3O. The predicted molar refractivity (Wildman–Crippen MR) is 59.8 cm³/mol. The Morgan fingerprint density at radius 3 is 2.60 bits per heavy atom. The van der Waals surface area contributed by atoms with Crippen molar-refractivity contribution in [1.29, 1.82) is 0 Å². The molecule has 0 saturated carbocycles. The van der Waals surface area contributed by atoms with Crippen molar-refractivity contribution in [3.05, 3.63) is 40.6 Å². The molecule has 0 amide bonds. The lowest BCUT2D eigenvalue weighted by molar-refractivity contribution is 0.414. The Hall–Kier alpha value is -1.36. The van der Waals surface area contributed by atoms with E-state index in [1.807, 2.05) is 24.3 Å². The summed E-state index contributed by atoms with van der Waals surface area (Å²) >= 11 is 3.25. The molecule has 15 heavy (non-hydrogen) atoms. The molecule has 78 valence electrons. The van der Waals surface area contributed by atoms with Crippen molar-refractivity contribution in [2.24, 2.45) is 0 Å². The highest BCUT2D eigenvalue weighted by Crippen LogP contribution is 2.12. The van der Waals surface area contributed by atoms with Crippen LogP contribution < -0.4 is 4.74 Å². The van der Waals surface area contributed by atoms with Gasteiger partial charge in [0.05, 0.1) is 19.9 Å². The Balaban J connectivity index is 2.11. The molecule has 4 nitrogen and oxygen atoms in total. The minimum atomic E-state index is 0.662. The van der Waals surface area contributed by atoms with Crippen LogP contribution in [0.3, 0.4) is 0 Å². The second-order valence-corrected chi connectivity index (χ2v) is 3.86. The fraction of sp³-hybridized carbons (Fsp3) is 0.200. The first-order valence-corrected chi connectivity index (χ1v) is 5.26. The summed E-state index contributed by atoms with van der Waals surface area (Å²) in [6.07, 6.45) is 1.67. The highest BCUT2D eigenvalue weighted by atomic mass is 79.9. The maximum Gasteiger partial charge on any atom is 0.148 e. The second-order valence-electron chi connectivity index (χ2n) is 3.05. The normalized spacial score (nSPS) is 10.3. The van der Waals surface area contributed by atoms with Gasteiger partial charge < -0.3 is 4.74 Å². The molecule has 1 heterocycles. The number of hydrogen-bond donors (Lipinski definition) is 0. The van der Waals surface area contributed by atoms with Crippen molar-refractivity contribution in [3.8, 4) is 5.75 Å². The van der Waals surface area contributed by atoms with Crippen LogP contribution in [0.2, 0.25) is 0 Å². The molecule has 0 aliphatic carbocycles. The Morgan fingerprint density at radius 2 is 2.07 bits per heavy atom. The number of halogens is 1. The smallest absolute Gasteiger partial charge is 0.148 e. The standard InChI is InChI=1S/C10H10BrN3O/c1-15-9-4-2-8(3-5-9)7-14-12-6-10(11)13-14/h2-6H,7H2,1H3. The highest BCUT2D eigenvalue weighted by Gasteiger charge is 1.99. The third-order valence-corrected chi connectivity index (χ3v) is 2.35.